The van der Waals surface area contributed by atoms with E-state index in [1.807, 2.05) is 37.7 Å². The molecule has 6 heteroatoms. The summed E-state index contributed by atoms with van der Waals surface area (Å²) in [5, 5.41) is 9.08. The van der Waals surface area contributed by atoms with Crippen LogP contribution < -0.4 is 5.32 Å². The first-order valence-corrected chi connectivity index (χ1v) is 6.97. The quantitative estimate of drug-likeness (QED) is 0.933. The Morgan fingerprint density at radius 2 is 2.42 bits per heavy atom. The highest BCUT2D eigenvalue weighted by atomic mass is 32.1. The number of urea groups is 1. The van der Waals surface area contributed by atoms with E-state index in [2.05, 4.69) is 10.4 Å². The number of hydrogen-bond donors (Lipinski definition) is 1. The molecule has 0 bridgehead atoms. The average molecular weight is 278 g/mol. The molecule has 2 aromatic rings. The zero-order valence-corrected chi connectivity index (χ0v) is 12.1. The van der Waals surface area contributed by atoms with Crippen LogP contribution in [0.1, 0.15) is 23.4 Å². The van der Waals surface area contributed by atoms with Crippen LogP contribution in [-0.4, -0.2) is 27.8 Å². The minimum Gasteiger partial charge on any atom is -0.331 e. The molecule has 0 saturated heterocycles. The normalized spacial score (nSPS) is 12.2. The summed E-state index contributed by atoms with van der Waals surface area (Å²) in [5.41, 5.74) is 1.02. The van der Waals surface area contributed by atoms with Crippen LogP contribution in [-0.2, 0) is 13.6 Å². The lowest BCUT2D eigenvalue weighted by Crippen LogP contribution is -2.37. The second-order valence-corrected chi connectivity index (χ2v) is 5.54. The number of carbonyl (C=O) groups is 1. The molecule has 0 aliphatic carbocycles. The molecule has 0 aromatic carbocycles. The number of hydrogen-bond acceptors (Lipinski definition) is 3. The van der Waals surface area contributed by atoms with Crippen molar-refractivity contribution in [1.29, 1.82) is 0 Å². The Morgan fingerprint density at radius 1 is 1.63 bits per heavy atom. The second-order valence-electron chi connectivity index (χ2n) is 4.56. The van der Waals surface area contributed by atoms with Gasteiger partial charge in [-0.2, -0.15) is 5.10 Å². The van der Waals surface area contributed by atoms with Gasteiger partial charge in [0.2, 0.25) is 0 Å². The highest BCUT2D eigenvalue weighted by Crippen LogP contribution is 2.18. The molecule has 1 atom stereocenters. The topological polar surface area (TPSA) is 50.2 Å². The van der Waals surface area contributed by atoms with Gasteiger partial charge in [-0.1, -0.05) is 6.07 Å². The van der Waals surface area contributed by atoms with E-state index in [4.69, 9.17) is 0 Å². The van der Waals surface area contributed by atoms with Gasteiger partial charge in [0.1, 0.15) is 0 Å². The van der Waals surface area contributed by atoms with Crippen molar-refractivity contribution in [3.05, 3.63) is 40.3 Å². The largest absolute Gasteiger partial charge is 0.331 e. The molecular formula is C13H18N4OS. The lowest BCUT2D eigenvalue weighted by atomic mass is 10.3. The van der Waals surface area contributed by atoms with Crippen LogP contribution >= 0.6 is 11.3 Å². The first kappa shape index (κ1) is 13.6. The molecule has 102 valence electrons. The highest BCUT2D eigenvalue weighted by molar-refractivity contribution is 7.10. The summed E-state index contributed by atoms with van der Waals surface area (Å²) in [5.74, 6) is 0. The van der Waals surface area contributed by atoms with E-state index in [0.717, 1.165) is 10.4 Å². The minimum absolute atomic E-state index is 0.0313. The molecule has 0 aliphatic heterocycles. The fraction of sp³-hybridized carbons (Fsp3) is 0.385. The van der Waals surface area contributed by atoms with Crippen LogP contribution in [0.4, 0.5) is 4.79 Å². The molecule has 1 N–H and O–H groups in total. The van der Waals surface area contributed by atoms with Crippen molar-refractivity contribution in [1.82, 2.24) is 20.0 Å². The van der Waals surface area contributed by atoms with Crippen LogP contribution in [0.15, 0.2) is 29.9 Å². The number of aromatic nitrogens is 2. The highest BCUT2D eigenvalue weighted by Gasteiger charge is 2.14. The molecule has 2 rings (SSSR count). The number of nitrogens with one attached hydrogen (secondary N) is 1. The summed E-state index contributed by atoms with van der Waals surface area (Å²) in [4.78, 5) is 14.9. The molecule has 0 saturated carbocycles. The summed E-state index contributed by atoms with van der Waals surface area (Å²) in [6.07, 6.45) is 3.68. The van der Waals surface area contributed by atoms with Crippen molar-refractivity contribution >= 4 is 17.4 Å². The van der Waals surface area contributed by atoms with Crippen LogP contribution in [0.25, 0.3) is 0 Å². The Kier molecular flexibility index (Phi) is 4.21. The Labute approximate surface area is 116 Å². The summed E-state index contributed by atoms with van der Waals surface area (Å²) in [7, 11) is 3.64. The zero-order valence-electron chi connectivity index (χ0n) is 11.3. The number of carbonyl (C=O) groups excluding carboxylic acids is 1. The summed E-state index contributed by atoms with van der Waals surface area (Å²) >= 11 is 1.65. The van der Waals surface area contributed by atoms with E-state index in [9.17, 15) is 4.79 Å². The Bertz CT molecular complexity index is 535. The maximum absolute atomic E-state index is 12.1. The number of aryl methyl sites for hydroxylation is 1. The van der Waals surface area contributed by atoms with Gasteiger partial charge in [0.05, 0.1) is 18.8 Å². The molecule has 2 amide bonds. The van der Waals surface area contributed by atoms with Crippen LogP contribution in [0.2, 0.25) is 0 Å². The van der Waals surface area contributed by atoms with Gasteiger partial charge in [0.25, 0.3) is 0 Å². The van der Waals surface area contributed by atoms with Crippen molar-refractivity contribution in [3.63, 3.8) is 0 Å². The van der Waals surface area contributed by atoms with E-state index >= 15 is 0 Å². The van der Waals surface area contributed by atoms with Crippen LogP contribution in [0.5, 0.6) is 0 Å². The smallest absolute Gasteiger partial charge is 0.317 e. The first-order valence-electron chi connectivity index (χ1n) is 6.09. The van der Waals surface area contributed by atoms with Gasteiger partial charge in [0, 0.05) is 30.7 Å². The average Bonchev–Trinajstić information content (AvgIpc) is 3.00. The van der Waals surface area contributed by atoms with Crippen molar-refractivity contribution in [2.75, 3.05) is 7.05 Å². The third kappa shape index (κ3) is 3.57. The maximum Gasteiger partial charge on any atom is 0.317 e. The van der Waals surface area contributed by atoms with Gasteiger partial charge in [-0.05, 0) is 18.4 Å². The van der Waals surface area contributed by atoms with Crippen molar-refractivity contribution < 1.29 is 4.79 Å². The van der Waals surface area contributed by atoms with E-state index in [0.29, 0.717) is 6.54 Å². The van der Waals surface area contributed by atoms with Gasteiger partial charge in [-0.25, -0.2) is 4.79 Å². The van der Waals surface area contributed by atoms with E-state index < -0.39 is 0 Å². The molecule has 0 spiro atoms. The standard InChI is InChI=1S/C13H18N4OS/c1-10(12-5-4-6-19-12)15-13(18)16(2)8-11-7-14-17(3)9-11/h4-7,9-10H,8H2,1-3H3,(H,15,18)/t10-/m0/s1. The monoisotopic (exact) mass is 278 g/mol. The Morgan fingerprint density at radius 3 is 3.00 bits per heavy atom. The Hall–Kier alpha value is -1.82. The number of amides is 2. The summed E-state index contributed by atoms with van der Waals surface area (Å²) < 4.78 is 1.73. The SMILES string of the molecule is C[C@H](NC(=O)N(C)Cc1cnn(C)c1)c1cccs1. The first-order chi connectivity index (χ1) is 9.06. The van der Waals surface area contributed by atoms with Gasteiger partial charge in [-0.3, -0.25) is 4.68 Å². The zero-order chi connectivity index (χ0) is 13.8. The third-order valence-electron chi connectivity index (χ3n) is 2.83. The summed E-state index contributed by atoms with van der Waals surface area (Å²) in [6.45, 7) is 2.54. The predicted octanol–water partition coefficient (Wildman–Crippen LogP) is 2.38. The van der Waals surface area contributed by atoms with Crippen LogP contribution in [0.3, 0.4) is 0 Å². The molecule has 19 heavy (non-hydrogen) atoms. The lowest BCUT2D eigenvalue weighted by molar-refractivity contribution is 0.203. The number of thiophene rings is 1. The maximum atomic E-state index is 12.1. The predicted molar refractivity (Wildman–Crippen MR) is 75.9 cm³/mol. The van der Waals surface area contributed by atoms with E-state index in [-0.39, 0.29) is 12.1 Å². The summed E-state index contributed by atoms with van der Waals surface area (Å²) in [6, 6.07) is 3.97. The number of nitrogens with zero attached hydrogens (tertiary/aromatic N) is 3. The van der Waals surface area contributed by atoms with Gasteiger partial charge in [0.15, 0.2) is 0 Å². The van der Waals surface area contributed by atoms with Crippen molar-refractivity contribution in [3.8, 4) is 0 Å². The lowest BCUT2D eigenvalue weighted by Gasteiger charge is -2.20. The van der Waals surface area contributed by atoms with Gasteiger partial charge >= 0.3 is 6.03 Å². The third-order valence-corrected chi connectivity index (χ3v) is 3.89. The Balaban J connectivity index is 1.89. The minimum atomic E-state index is -0.0789. The van der Waals surface area contributed by atoms with Crippen molar-refractivity contribution in [2.45, 2.75) is 19.5 Å². The fourth-order valence-electron chi connectivity index (χ4n) is 1.80. The molecule has 2 aromatic heterocycles. The van der Waals surface area contributed by atoms with E-state index in [1.54, 1.807) is 34.2 Å². The van der Waals surface area contributed by atoms with Gasteiger partial charge < -0.3 is 10.2 Å². The van der Waals surface area contributed by atoms with Crippen molar-refractivity contribution in [2.24, 2.45) is 7.05 Å². The molecule has 0 unspecified atom stereocenters. The molecule has 0 fully saturated rings. The fourth-order valence-corrected chi connectivity index (χ4v) is 2.54. The molecule has 5 nitrogen and oxygen atoms in total. The molecular weight excluding hydrogens is 260 g/mol. The van der Waals surface area contributed by atoms with Crippen LogP contribution in [0, 0.1) is 0 Å². The number of rotatable bonds is 4. The van der Waals surface area contributed by atoms with Gasteiger partial charge in [-0.15, -0.1) is 11.3 Å². The van der Waals surface area contributed by atoms with E-state index in [1.165, 1.54) is 0 Å². The molecule has 2 heterocycles. The molecule has 0 radical (unpaired) electrons. The molecule has 0 aliphatic rings. The second kappa shape index (κ2) is 5.88.